The maximum absolute atomic E-state index is 13.3. The van der Waals surface area contributed by atoms with Gasteiger partial charge in [0.15, 0.2) is 5.65 Å². The second kappa shape index (κ2) is 10.7. The number of hydrogen-bond acceptors (Lipinski definition) is 8. The maximum atomic E-state index is 13.3. The Bertz CT molecular complexity index is 1460. The van der Waals surface area contributed by atoms with Crippen LogP contribution in [0.4, 0.5) is 0 Å². The first-order valence-corrected chi connectivity index (χ1v) is 13.7. The molecule has 1 unspecified atom stereocenters. The quantitative estimate of drug-likeness (QED) is 0.293. The molecule has 5 aromatic heterocycles. The molecule has 0 spiro atoms. The van der Waals surface area contributed by atoms with Gasteiger partial charge >= 0.3 is 0 Å². The van der Waals surface area contributed by atoms with Crippen LogP contribution < -0.4 is 5.32 Å². The molecule has 1 amide bonds. The minimum atomic E-state index is -0.140. The number of nitrogens with zero attached hydrogens (tertiary/aromatic N) is 6. The lowest BCUT2D eigenvalue weighted by Crippen LogP contribution is -2.42. The van der Waals surface area contributed by atoms with E-state index in [4.69, 9.17) is 9.97 Å². The van der Waals surface area contributed by atoms with Gasteiger partial charge in [0.05, 0.1) is 28.0 Å². The summed E-state index contributed by atoms with van der Waals surface area (Å²) in [6.07, 6.45) is 5.39. The predicted octanol–water partition coefficient (Wildman–Crippen LogP) is 5.10. The van der Waals surface area contributed by atoms with Gasteiger partial charge in [0.1, 0.15) is 10.7 Å². The lowest BCUT2D eigenvalue weighted by Gasteiger charge is -2.26. The number of amides is 1. The van der Waals surface area contributed by atoms with Crippen LogP contribution in [-0.4, -0.2) is 61.0 Å². The van der Waals surface area contributed by atoms with Gasteiger partial charge in [-0.05, 0) is 49.7 Å². The van der Waals surface area contributed by atoms with Crippen LogP contribution >= 0.6 is 22.7 Å². The third-order valence-electron chi connectivity index (χ3n) is 6.15. The van der Waals surface area contributed by atoms with Gasteiger partial charge in [0, 0.05) is 35.9 Å². The highest BCUT2D eigenvalue weighted by Gasteiger charge is 2.18. The van der Waals surface area contributed by atoms with Crippen molar-refractivity contribution in [1.29, 1.82) is 0 Å². The van der Waals surface area contributed by atoms with Gasteiger partial charge in [-0.2, -0.15) is 5.10 Å². The Morgan fingerprint density at radius 3 is 2.64 bits per heavy atom. The van der Waals surface area contributed by atoms with Crippen LogP contribution in [0.3, 0.4) is 0 Å². The molecular formula is C26H27N7OS2. The average Bonchev–Trinajstić information content (AvgIpc) is 3.69. The monoisotopic (exact) mass is 517 g/mol. The fourth-order valence-corrected chi connectivity index (χ4v) is 5.48. The van der Waals surface area contributed by atoms with Gasteiger partial charge in [-0.15, -0.1) is 22.7 Å². The number of pyridine rings is 1. The van der Waals surface area contributed by atoms with Crippen molar-refractivity contribution >= 4 is 34.2 Å². The molecule has 0 aliphatic rings. The number of carbonyl (C=O) groups excluding carboxylic acids is 1. The number of nitrogens with one attached hydrogen (secondary N) is 1. The molecule has 36 heavy (non-hydrogen) atoms. The summed E-state index contributed by atoms with van der Waals surface area (Å²) in [5.74, 6) is -0.140. The van der Waals surface area contributed by atoms with Gasteiger partial charge < -0.3 is 5.32 Å². The Labute approximate surface area is 217 Å². The Balaban J connectivity index is 1.53. The largest absolute Gasteiger partial charge is 0.350 e. The number of hydrogen-bond donors (Lipinski definition) is 1. The van der Waals surface area contributed by atoms with Crippen molar-refractivity contribution in [3.63, 3.8) is 0 Å². The number of fused-ring (bicyclic) bond motifs is 1. The molecule has 1 atom stereocenters. The minimum Gasteiger partial charge on any atom is -0.350 e. The Morgan fingerprint density at radius 2 is 1.92 bits per heavy atom. The minimum absolute atomic E-state index is 0.140. The summed E-state index contributed by atoms with van der Waals surface area (Å²) in [5.41, 5.74) is 4.14. The Morgan fingerprint density at radius 1 is 1.08 bits per heavy atom. The lowest BCUT2D eigenvalue weighted by molar-refractivity contribution is 0.0938. The second-order valence-corrected chi connectivity index (χ2v) is 10.2. The number of carbonyl (C=O) groups is 1. The van der Waals surface area contributed by atoms with Crippen LogP contribution in [0.15, 0.2) is 59.7 Å². The number of likely N-dealkylation sites (N-methyl/N-ethyl adjacent to an activating group) is 1. The summed E-state index contributed by atoms with van der Waals surface area (Å²) in [4.78, 5) is 30.8. The fourth-order valence-electron chi connectivity index (χ4n) is 4.19. The summed E-state index contributed by atoms with van der Waals surface area (Å²) in [5, 5.41) is 12.3. The first-order chi connectivity index (χ1) is 17.6. The highest BCUT2D eigenvalue weighted by atomic mass is 32.1. The Hall–Kier alpha value is -3.47. The van der Waals surface area contributed by atoms with E-state index in [2.05, 4.69) is 41.1 Å². The van der Waals surface area contributed by atoms with Gasteiger partial charge in [-0.1, -0.05) is 19.9 Å². The molecule has 0 saturated heterocycles. The van der Waals surface area contributed by atoms with Gasteiger partial charge in [0.25, 0.3) is 5.91 Å². The van der Waals surface area contributed by atoms with E-state index < -0.39 is 0 Å². The standard InChI is InChI=1S/C26H27N7OS2/c1-4-32(5-2)17(3)15-28-25(34)18-13-21(30-22(14-18)26-27-9-12-36-26)19-16-29-33-10-8-20(31-24(19)33)23-7-6-11-35-23/h6-14,16-17H,4-5,15H2,1-3H3,(H,28,34). The van der Waals surface area contributed by atoms with Crippen molar-refractivity contribution < 1.29 is 4.79 Å². The molecule has 0 saturated carbocycles. The number of thiophene rings is 1. The molecule has 10 heteroatoms. The SMILES string of the molecule is CCN(CC)C(C)CNC(=O)c1cc(-c2nccs2)nc(-c2cnn3ccc(-c4cccs4)nc23)c1. The molecule has 5 rings (SSSR count). The highest BCUT2D eigenvalue weighted by molar-refractivity contribution is 7.13. The first kappa shape index (κ1) is 24.2. The van der Waals surface area contributed by atoms with E-state index in [1.807, 2.05) is 41.2 Å². The average molecular weight is 518 g/mol. The lowest BCUT2D eigenvalue weighted by atomic mass is 10.1. The molecule has 5 aromatic rings. The molecular weight excluding hydrogens is 490 g/mol. The van der Waals surface area contributed by atoms with Gasteiger partial charge in [-0.3, -0.25) is 9.69 Å². The molecule has 5 heterocycles. The second-order valence-electron chi connectivity index (χ2n) is 8.36. The van der Waals surface area contributed by atoms with Crippen LogP contribution in [0, 0.1) is 0 Å². The number of aromatic nitrogens is 5. The molecule has 0 bridgehead atoms. The van der Waals surface area contributed by atoms with Crippen LogP contribution in [-0.2, 0) is 0 Å². The predicted molar refractivity (Wildman–Crippen MR) is 145 cm³/mol. The molecule has 184 valence electrons. The van der Waals surface area contributed by atoms with E-state index >= 15 is 0 Å². The topological polar surface area (TPSA) is 88.3 Å². The van der Waals surface area contributed by atoms with Crippen LogP contribution in [0.25, 0.3) is 38.2 Å². The van der Waals surface area contributed by atoms with E-state index in [0.29, 0.717) is 29.1 Å². The maximum Gasteiger partial charge on any atom is 0.251 e. The smallest absolute Gasteiger partial charge is 0.251 e. The van der Waals surface area contributed by atoms with E-state index in [0.717, 1.165) is 34.2 Å². The van der Waals surface area contributed by atoms with Crippen molar-refractivity contribution in [2.45, 2.75) is 26.8 Å². The van der Waals surface area contributed by atoms with Crippen LogP contribution in [0.2, 0.25) is 0 Å². The molecule has 0 radical (unpaired) electrons. The van der Waals surface area contributed by atoms with Crippen molar-refractivity contribution in [2.75, 3.05) is 19.6 Å². The van der Waals surface area contributed by atoms with Crippen molar-refractivity contribution in [3.05, 3.63) is 65.2 Å². The molecule has 0 aromatic carbocycles. The fraction of sp³-hybridized carbons (Fsp3) is 0.269. The molecule has 0 aliphatic heterocycles. The zero-order valence-corrected chi connectivity index (χ0v) is 22.0. The Kier molecular flexibility index (Phi) is 7.17. The van der Waals surface area contributed by atoms with E-state index in [-0.39, 0.29) is 11.9 Å². The highest BCUT2D eigenvalue weighted by Crippen LogP contribution is 2.30. The normalized spacial score (nSPS) is 12.3. The van der Waals surface area contributed by atoms with Crippen LogP contribution in [0.1, 0.15) is 31.1 Å². The van der Waals surface area contributed by atoms with E-state index in [1.54, 1.807) is 34.3 Å². The van der Waals surface area contributed by atoms with Crippen molar-refractivity contribution in [3.8, 4) is 32.5 Å². The van der Waals surface area contributed by atoms with E-state index in [9.17, 15) is 4.79 Å². The first-order valence-electron chi connectivity index (χ1n) is 11.9. The summed E-state index contributed by atoms with van der Waals surface area (Å²) < 4.78 is 1.73. The molecule has 1 N–H and O–H groups in total. The van der Waals surface area contributed by atoms with Crippen molar-refractivity contribution in [1.82, 2.24) is 34.8 Å². The number of thiazole rings is 1. The summed E-state index contributed by atoms with van der Waals surface area (Å²) >= 11 is 3.13. The zero-order chi connectivity index (χ0) is 25.1. The summed E-state index contributed by atoms with van der Waals surface area (Å²) in [7, 11) is 0. The summed E-state index contributed by atoms with van der Waals surface area (Å²) in [6, 6.07) is 9.85. The van der Waals surface area contributed by atoms with Gasteiger partial charge in [0.2, 0.25) is 0 Å². The zero-order valence-electron chi connectivity index (χ0n) is 20.4. The summed E-state index contributed by atoms with van der Waals surface area (Å²) in [6.45, 7) is 8.83. The third-order valence-corrected chi connectivity index (χ3v) is 7.84. The third kappa shape index (κ3) is 4.92. The van der Waals surface area contributed by atoms with Gasteiger partial charge in [-0.25, -0.2) is 19.5 Å². The van der Waals surface area contributed by atoms with E-state index in [1.165, 1.54) is 11.3 Å². The van der Waals surface area contributed by atoms with Crippen LogP contribution in [0.5, 0.6) is 0 Å². The number of rotatable bonds is 9. The van der Waals surface area contributed by atoms with Crippen molar-refractivity contribution in [2.24, 2.45) is 0 Å². The molecule has 0 fully saturated rings. The molecule has 0 aliphatic carbocycles. The molecule has 8 nitrogen and oxygen atoms in total.